The molecule has 0 radical (unpaired) electrons. The van der Waals surface area contributed by atoms with Crippen LogP contribution in [0.2, 0.25) is 0 Å². The van der Waals surface area contributed by atoms with Gasteiger partial charge >= 0.3 is 0 Å². The van der Waals surface area contributed by atoms with Crippen molar-refractivity contribution >= 4 is 11.5 Å². The third-order valence-corrected chi connectivity index (χ3v) is 2.97. The van der Waals surface area contributed by atoms with Crippen LogP contribution in [0.4, 0.5) is 11.5 Å². The lowest BCUT2D eigenvalue weighted by molar-refractivity contribution is 0.805. The molecule has 0 aliphatic rings. The first kappa shape index (κ1) is 13.5. The van der Waals surface area contributed by atoms with Crippen molar-refractivity contribution in [2.45, 2.75) is 20.3 Å². The maximum atomic E-state index is 5.63. The van der Waals surface area contributed by atoms with Crippen molar-refractivity contribution in [3.8, 4) is 0 Å². The van der Waals surface area contributed by atoms with Gasteiger partial charge in [0.25, 0.3) is 0 Å². The number of rotatable bonds is 5. The molecule has 2 aromatic rings. The van der Waals surface area contributed by atoms with Gasteiger partial charge in [0.1, 0.15) is 11.6 Å². The van der Waals surface area contributed by atoms with E-state index in [0.717, 1.165) is 30.3 Å². The Bertz CT molecular complexity index is 522. The van der Waals surface area contributed by atoms with Crippen LogP contribution in [0.3, 0.4) is 0 Å². The van der Waals surface area contributed by atoms with Gasteiger partial charge in [-0.2, -0.15) is 0 Å². The lowest BCUT2D eigenvalue weighted by Gasteiger charge is -2.24. The first-order chi connectivity index (χ1) is 9.20. The molecule has 0 saturated carbocycles. The number of nitrogens with zero attached hydrogens (tertiary/aromatic N) is 3. The quantitative estimate of drug-likeness (QED) is 0.893. The summed E-state index contributed by atoms with van der Waals surface area (Å²) >= 11 is 0. The molecular weight excluding hydrogens is 236 g/mol. The van der Waals surface area contributed by atoms with Crippen molar-refractivity contribution in [3.63, 3.8) is 0 Å². The summed E-state index contributed by atoms with van der Waals surface area (Å²) in [4.78, 5) is 10.8. The molecule has 0 aliphatic heterocycles. The van der Waals surface area contributed by atoms with E-state index in [-0.39, 0.29) is 0 Å². The lowest BCUT2D eigenvalue weighted by atomic mass is 10.2. The Morgan fingerprint density at radius 3 is 2.47 bits per heavy atom. The highest BCUT2D eigenvalue weighted by atomic mass is 15.2. The highest BCUT2D eigenvalue weighted by molar-refractivity contribution is 5.59. The lowest BCUT2D eigenvalue weighted by Crippen LogP contribution is -2.22. The second kappa shape index (κ2) is 6.29. The Labute approximate surface area is 114 Å². The zero-order chi connectivity index (χ0) is 13.7. The molecule has 0 fully saturated rings. The van der Waals surface area contributed by atoms with E-state index in [0.29, 0.717) is 6.54 Å². The normalized spacial score (nSPS) is 10.5. The molecule has 2 N–H and O–H groups in total. The molecule has 4 nitrogen and oxygen atoms in total. The number of nitrogens with two attached hydrogens (primary N) is 1. The molecule has 4 heteroatoms. The van der Waals surface area contributed by atoms with E-state index >= 15 is 0 Å². The Hall–Kier alpha value is -1.94. The van der Waals surface area contributed by atoms with Crippen molar-refractivity contribution in [1.82, 2.24) is 9.97 Å². The monoisotopic (exact) mass is 256 g/mol. The molecule has 0 spiro atoms. The highest BCUT2D eigenvalue weighted by Crippen LogP contribution is 2.23. The molecule has 100 valence electrons. The van der Waals surface area contributed by atoms with Crippen LogP contribution in [0.1, 0.15) is 17.8 Å². The Kier molecular flexibility index (Phi) is 4.47. The van der Waals surface area contributed by atoms with Gasteiger partial charge in [-0.15, -0.1) is 0 Å². The molecule has 19 heavy (non-hydrogen) atoms. The van der Waals surface area contributed by atoms with Gasteiger partial charge < -0.3 is 10.6 Å². The Morgan fingerprint density at radius 1 is 1.11 bits per heavy atom. The fourth-order valence-electron chi connectivity index (χ4n) is 1.94. The second-order valence-electron chi connectivity index (χ2n) is 4.59. The number of aryl methyl sites for hydroxylation is 2. The predicted molar refractivity (Wildman–Crippen MR) is 78.6 cm³/mol. The largest absolute Gasteiger partial charge is 0.330 e. The number of anilines is 2. The number of benzene rings is 1. The van der Waals surface area contributed by atoms with Crippen molar-refractivity contribution in [3.05, 3.63) is 47.9 Å². The van der Waals surface area contributed by atoms with Gasteiger partial charge in [-0.25, -0.2) is 9.97 Å². The van der Waals surface area contributed by atoms with Crippen LogP contribution in [-0.4, -0.2) is 23.1 Å². The molecule has 0 bridgehead atoms. The molecule has 1 aromatic carbocycles. The molecule has 1 heterocycles. The fourth-order valence-corrected chi connectivity index (χ4v) is 1.94. The molecular formula is C15H20N4. The highest BCUT2D eigenvalue weighted by Gasteiger charge is 2.10. The zero-order valence-corrected chi connectivity index (χ0v) is 11.5. The molecule has 0 aliphatic carbocycles. The maximum Gasteiger partial charge on any atom is 0.136 e. The van der Waals surface area contributed by atoms with Crippen LogP contribution in [0.5, 0.6) is 0 Å². The summed E-state index contributed by atoms with van der Waals surface area (Å²) in [7, 11) is 0. The third-order valence-electron chi connectivity index (χ3n) is 2.97. The molecule has 0 atom stereocenters. The van der Waals surface area contributed by atoms with E-state index in [9.17, 15) is 0 Å². The van der Waals surface area contributed by atoms with E-state index in [2.05, 4.69) is 46.1 Å². The van der Waals surface area contributed by atoms with E-state index < -0.39 is 0 Å². The number of hydrogen-bond acceptors (Lipinski definition) is 4. The van der Waals surface area contributed by atoms with Gasteiger partial charge in [-0.05, 0) is 45.0 Å². The van der Waals surface area contributed by atoms with Crippen LogP contribution in [-0.2, 0) is 0 Å². The minimum atomic E-state index is 0.673. The maximum absolute atomic E-state index is 5.63. The standard InChI is InChI=1S/C15H20N4/c1-12-4-6-14(7-5-12)19(11-3-9-16)15-8-10-17-13(2)18-15/h4-8,10H,3,9,11,16H2,1-2H3. The smallest absolute Gasteiger partial charge is 0.136 e. The minimum Gasteiger partial charge on any atom is -0.330 e. The van der Waals surface area contributed by atoms with E-state index in [4.69, 9.17) is 5.73 Å². The van der Waals surface area contributed by atoms with Gasteiger partial charge in [-0.3, -0.25) is 0 Å². The summed E-state index contributed by atoms with van der Waals surface area (Å²) in [5, 5.41) is 0. The molecule has 2 rings (SSSR count). The van der Waals surface area contributed by atoms with Crippen molar-refractivity contribution < 1.29 is 0 Å². The fraction of sp³-hybridized carbons (Fsp3) is 0.333. The molecule has 0 unspecified atom stereocenters. The topological polar surface area (TPSA) is 55.0 Å². The van der Waals surface area contributed by atoms with E-state index in [1.807, 2.05) is 13.0 Å². The average molecular weight is 256 g/mol. The second-order valence-corrected chi connectivity index (χ2v) is 4.59. The average Bonchev–Trinajstić information content (AvgIpc) is 2.41. The van der Waals surface area contributed by atoms with Gasteiger partial charge in [0.15, 0.2) is 0 Å². The zero-order valence-electron chi connectivity index (χ0n) is 11.5. The van der Waals surface area contributed by atoms with Gasteiger partial charge in [0, 0.05) is 18.4 Å². The van der Waals surface area contributed by atoms with Gasteiger partial charge in [0.2, 0.25) is 0 Å². The summed E-state index contributed by atoms with van der Waals surface area (Å²) in [6, 6.07) is 10.4. The Morgan fingerprint density at radius 2 is 1.84 bits per heavy atom. The molecule has 0 amide bonds. The summed E-state index contributed by atoms with van der Waals surface area (Å²) in [5.74, 6) is 1.70. The third kappa shape index (κ3) is 3.51. The molecule has 1 aromatic heterocycles. The first-order valence-corrected chi connectivity index (χ1v) is 6.54. The van der Waals surface area contributed by atoms with Crippen LogP contribution >= 0.6 is 0 Å². The van der Waals surface area contributed by atoms with Crippen molar-refractivity contribution in [1.29, 1.82) is 0 Å². The summed E-state index contributed by atoms with van der Waals surface area (Å²) in [6.07, 6.45) is 2.72. The first-order valence-electron chi connectivity index (χ1n) is 6.54. The van der Waals surface area contributed by atoms with E-state index in [1.54, 1.807) is 6.20 Å². The van der Waals surface area contributed by atoms with Crippen LogP contribution in [0.25, 0.3) is 0 Å². The van der Waals surface area contributed by atoms with Crippen LogP contribution < -0.4 is 10.6 Å². The predicted octanol–water partition coefficient (Wildman–Crippen LogP) is 2.58. The number of aromatic nitrogens is 2. The van der Waals surface area contributed by atoms with E-state index in [1.165, 1.54) is 5.56 Å². The summed E-state index contributed by atoms with van der Waals surface area (Å²) < 4.78 is 0. The minimum absolute atomic E-state index is 0.673. The van der Waals surface area contributed by atoms with Crippen molar-refractivity contribution in [2.24, 2.45) is 5.73 Å². The summed E-state index contributed by atoms with van der Waals surface area (Å²) in [6.45, 7) is 5.52. The van der Waals surface area contributed by atoms with Gasteiger partial charge in [0.05, 0.1) is 0 Å². The summed E-state index contributed by atoms with van der Waals surface area (Å²) in [5.41, 5.74) is 8.02. The molecule has 0 saturated heterocycles. The van der Waals surface area contributed by atoms with Crippen molar-refractivity contribution in [2.75, 3.05) is 18.0 Å². The SMILES string of the molecule is Cc1ccc(N(CCCN)c2ccnc(C)n2)cc1. The van der Waals surface area contributed by atoms with Gasteiger partial charge in [-0.1, -0.05) is 17.7 Å². The Balaban J connectivity index is 2.32. The van der Waals surface area contributed by atoms with Crippen LogP contribution in [0, 0.1) is 13.8 Å². The number of hydrogen-bond donors (Lipinski definition) is 1. The van der Waals surface area contributed by atoms with Crippen LogP contribution in [0.15, 0.2) is 36.5 Å².